The molecule has 0 fully saturated rings. The van der Waals surface area contributed by atoms with Gasteiger partial charge in [0.1, 0.15) is 11.5 Å². The second-order valence-corrected chi connectivity index (χ2v) is 7.20. The maximum Gasteiger partial charge on any atom is 0.240 e. The van der Waals surface area contributed by atoms with Crippen LogP contribution in [0.5, 0.6) is 0 Å². The summed E-state index contributed by atoms with van der Waals surface area (Å²) in [6, 6.07) is 7.08. The van der Waals surface area contributed by atoms with Crippen molar-refractivity contribution in [2.45, 2.75) is 19.8 Å². The van der Waals surface area contributed by atoms with Gasteiger partial charge in [0.2, 0.25) is 17.7 Å². The van der Waals surface area contributed by atoms with Crippen molar-refractivity contribution in [3.05, 3.63) is 43.3 Å². The van der Waals surface area contributed by atoms with Crippen LogP contribution in [0.25, 0.3) is 0 Å². The first kappa shape index (κ1) is 24.8. The smallest absolute Gasteiger partial charge is 0.240 e. The summed E-state index contributed by atoms with van der Waals surface area (Å²) in [5.74, 6) is 5.05. The van der Waals surface area contributed by atoms with Gasteiger partial charge in [-0.3, -0.25) is 19.8 Å². The number of nitrogens with zero attached hydrogens (tertiary/aromatic N) is 2. The maximum atomic E-state index is 11.2. The summed E-state index contributed by atoms with van der Waals surface area (Å²) in [7, 11) is 0. The zero-order chi connectivity index (χ0) is 21.6. The van der Waals surface area contributed by atoms with Crippen LogP contribution in [0.15, 0.2) is 43.3 Å². The second kappa shape index (κ2) is 13.8. The molecule has 0 aliphatic carbocycles. The van der Waals surface area contributed by atoms with Crippen molar-refractivity contribution in [2.24, 2.45) is 16.0 Å². The van der Waals surface area contributed by atoms with Gasteiger partial charge < -0.3 is 8.83 Å². The third-order valence-electron chi connectivity index (χ3n) is 2.72. The first-order valence-corrected chi connectivity index (χ1v) is 10.1. The number of nitrogens with two attached hydrogens (primary N) is 1. The Bertz CT molecular complexity index is 877. The van der Waals surface area contributed by atoms with E-state index in [4.69, 9.17) is 14.7 Å². The Hall–Kier alpha value is -2.27. The Labute approximate surface area is 193 Å². The van der Waals surface area contributed by atoms with Crippen molar-refractivity contribution in [3.8, 4) is 0 Å². The number of hydrazone groups is 2. The number of halogens is 2. The number of hydrogen-bond donors (Lipinski definition) is 4. The highest BCUT2D eigenvalue weighted by Gasteiger charge is 2.04. The molecule has 0 saturated heterocycles. The Balaban J connectivity index is 0.000000308. The quantitative estimate of drug-likeness (QED) is 0.119. The zero-order valence-corrected chi connectivity index (χ0v) is 19.5. The average molecular weight is 628 g/mol. The second-order valence-electron chi connectivity index (χ2n) is 5.07. The minimum atomic E-state index is -0.398. The van der Waals surface area contributed by atoms with E-state index in [1.165, 1.54) is 19.4 Å². The number of carbonyl (C=O) groups is 3. The van der Waals surface area contributed by atoms with Crippen LogP contribution in [0, 0.1) is 7.53 Å². The first-order chi connectivity index (χ1) is 13.8. The van der Waals surface area contributed by atoms with Gasteiger partial charge in [0.25, 0.3) is 0 Å². The Morgan fingerprint density at radius 2 is 1.41 bits per heavy atom. The molecule has 0 spiro atoms. The molecule has 2 rings (SSSR count). The van der Waals surface area contributed by atoms with E-state index in [0.29, 0.717) is 11.5 Å². The molecule has 156 valence electrons. The lowest BCUT2D eigenvalue weighted by atomic mass is 10.3. The van der Waals surface area contributed by atoms with Crippen LogP contribution in [0.3, 0.4) is 0 Å². The molecule has 2 heterocycles. The van der Waals surface area contributed by atoms with Crippen molar-refractivity contribution in [3.63, 3.8) is 0 Å². The molecular weight excluding hydrogens is 610 g/mol. The number of hydrazine groups is 1. The molecule has 0 radical (unpaired) electrons. The van der Waals surface area contributed by atoms with E-state index in [1.807, 2.05) is 34.1 Å². The van der Waals surface area contributed by atoms with Gasteiger partial charge in [-0.1, -0.05) is 0 Å². The number of carbonyl (C=O) groups excluding carboxylic acids is 3. The number of amides is 3. The summed E-state index contributed by atoms with van der Waals surface area (Å²) < 4.78 is 11.9. The van der Waals surface area contributed by atoms with Crippen molar-refractivity contribution in [1.82, 2.24) is 16.3 Å². The molecule has 0 aliphatic heterocycles. The van der Waals surface area contributed by atoms with E-state index >= 15 is 0 Å². The molecule has 0 atom stereocenters. The molecule has 2 aromatic rings. The van der Waals surface area contributed by atoms with Crippen LogP contribution in [0.4, 0.5) is 0 Å². The molecule has 5 N–H and O–H groups in total. The number of hydrogen-bond acceptors (Lipinski definition) is 8. The van der Waals surface area contributed by atoms with Gasteiger partial charge in [-0.15, -0.1) is 0 Å². The van der Waals surface area contributed by atoms with Crippen molar-refractivity contribution in [2.75, 3.05) is 0 Å². The standard InChI is InChI=1S/C9H11IN4O3.C7H7IN2O2/c10-7-2-1-6(17-7)5-12-14-9(16)4-3-8(15)13-11;1-5(11)10-9-4-6-2-3-7(8)12-6/h1-2,5H,3-4,11H2,(H,13,15)(H,14,16);2-4H,1H3,(H,10,11)/b12-5+;9-4+. The molecule has 29 heavy (non-hydrogen) atoms. The van der Waals surface area contributed by atoms with Gasteiger partial charge in [0, 0.05) is 19.8 Å². The third kappa shape index (κ3) is 12.0. The molecule has 0 bridgehead atoms. The van der Waals surface area contributed by atoms with E-state index in [1.54, 1.807) is 18.2 Å². The van der Waals surface area contributed by atoms with E-state index < -0.39 is 5.91 Å². The third-order valence-corrected chi connectivity index (χ3v) is 3.88. The molecular formula is C16H18I2N6O5. The Morgan fingerprint density at radius 3 is 1.83 bits per heavy atom. The van der Waals surface area contributed by atoms with Crippen molar-refractivity contribution >= 4 is 75.3 Å². The molecule has 0 aromatic carbocycles. The van der Waals surface area contributed by atoms with E-state index in [9.17, 15) is 14.4 Å². The van der Waals surface area contributed by atoms with Crippen molar-refractivity contribution < 1.29 is 23.2 Å². The molecule has 3 amide bonds. The van der Waals surface area contributed by atoms with Crippen LogP contribution in [-0.2, 0) is 14.4 Å². The highest BCUT2D eigenvalue weighted by atomic mass is 127. The van der Waals surface area contributed by atoms with Gasteiger partial charge in [0.05, 0.1) is 12.4 Å². The predicted octanol–water partition coefficient (Wildman–Crippen LogP) is 1.46. The summed E-state index contributed by atoms with van der Waals surface area (Å²) in [6.07, 6.45) is 2.87. The lowest BCUT2D eigenvalue weighted by Crippen LogP contribution is -2.31. The van der Waals surface area contributed by atoms with E-state index in [-0.39, 0.29) is 24.7 Å². The fourth-order valence-electron chi connectivity index (χ4n) is 1.51. The highest BCUT2D eigenvalue weighted by molar-refractivity contribution is 14.1. The molecule has 11 nitrogen and oxygen atoms in total. The summed E-state index contributed by atoms with van der Waals surface area (Å²) in [5.41, 5.74) is 6.47. The van der Waals surface area contributed by atoms with Gasteiger partial charge in [-0.05, 0) is 69.4 Å². The molecule has 0 saturated carbocycles. The fourth-order valence-corrected chi connectivity index (χ4v) is 2.37. The summed E-state index contributed by atoms with van der Waals surface area (Å²) in [4.78, 5) is 32.3. The normalized spacial score (nSPS) is 10.5. The SMILES string of the molecule is CC(=O)N/N=C/c1ccc(I)o1.NNC(=O)CCC(=O)N/N=C/c1ccc(I)o1. The lowest BCUT2D eigenvalue weighted by Gasteiger charge is -1.98. The minimum absolute atomic E-state index is 0.0239. The zero-order valence-electron chi connectivity index (χ0n) is 15.1. The van der Waals surface area contributed by atoms with E-state index in [2.05, 4.69) is 43.6 Å². The highest BCUT2D eigenvalue weighted by Crippen LogP contribution is 2.08. The topological polar surface area (TPSA) is 164 Å². The molecule has 2 aromatic heterocycles. The van der Waals surface area contributed by atoms with Crippen LogP contribution < -0.4 is 22.1 Å². The van der Waals surface area contributed by atoms with Crippen molar-refractivity contribution in [1.29, 1.82) is 0 Å². The average Bonchev–Trinajstić information content (AvgIpc) is 3.28. The molecule has 13 heteroatoms. The molecule has 0 aliphatic rings. The van der Waals surface area contributed by atoms with Gasteiger partial charge in [0.15, 0.2) is 7.53 Å². The lowest BCUT2D eigenvalue weighted by molar-refractivity contribution is -0.126. The van der Waals surface area contributed by atoms with Crippen LogP contribution in [0.1, 0.15) is 31.3 Å². The Kier molecular flexibility index (Phi) is 11.8. The monoisotopic (exact) mass is 628 g/mol. The first-order valence-electron chi connectivity index (χ1n) is 7.91. The molecule has 0 unspecified atom stereocenters. The van der Waals surface area contributed by atoms with Gasteiger partial charge in [-0.25, -0.2) is 16.7 Å². The van der Waals surface area contributed by atoms with E-state index in [0.717, 1.165) is 7.53 Å². The number of furan rings is 2. The van der Waals surface area contributed by atoms with Gasteiger partial charge >= 0.3 is 0 Å². The maximum absolute atomic E-state index is 11.2. The van der Waals surface area contributed by atoms with Crippen LogP contribution >= 0.6 is 45.2 Å². The summed E-state index contributed by atoms with van der Waals surface area (Å²) in [6.45, 7) is 1.39. The summed E-state index contributed by atoms with van der Waals surface area (Å²) in [5, 5.41) is 7.31. The predicted molar refractivity (Wildman–Crippen MR) is 122 cm³/mol. The Morgan fingerprint density at radius 1 is 0.931 bits per heavy atom. The minimum Gasteiger partial charge on any atom is -0.449 e. The summed E-state index contributed by atoms with van der Waals surface area (Å²) >= 11 is 4.07. The largest absolute Gasteiger partial charge is 0.449 e. The fraction of sp³-hybridized carbons (Fsp3) is 0.188. The number of nitrogens with one attached hydrogen (secondary N) is 3. The van der Waals surface area contributed by atoms with Crippen LogP contribution in [-0.4, -0.2) is 30.2 Å². The number of rotatable bonds is 7. The van der Waals surface area contributed by atoms with Crippen LogP contribution in [0.2, 0.25) is 0 Å². The van der Waals surface area contributed by atoms with Gasteiger partial charge in [-0.2, -0.15) is 10.2 Å².